The second-order valence-corrected chi connectivity index (χ2v) is 18.7. The molecule has 0 aromatic heterocycles. The number of unbranched alkanes of at least 4 members (excludes halogenated alkanes) is 3. The monoisotopic (exact) mass is 1030 g/mol. The summed E-state index contributed by atoms with van der Waals surface area (Å²) in [5.41, 5.74) is 15.4. The number of hydrogen-bond acceptors (Lipinski definition) is 12. The van der Waals surface area contributed by atoms with Crippen LogP contribution >= 0.6 is 0 Å². The maximum Gasteiger partial charge on any atom is 0.259 e. The Labute approximate surface area is 444 Å². The van der Waals surface area contributed by atoms with E-state index in [1.165, 1.54) is 0 Å². The minimum atomic E-state index is -0.372. The summed E-state index contributed by atoms with van der Waals surface area (Å²) in [6.07, 6.45) is 3.31. The maximum atomic E-state index is 14.1. The fraction of sp³-hybridized carbons (Fsp3) is 0.258. The lowest BCUT2D eigenvalue weighted by Crippen LogP contribution is -2.15. The summed E-state index contributed by atoms with van der Waals surface area (Å²) in [7, 11) is 6.39. The van der Waals surface area contributed by atoms with Gasteiger partial charge in [0.1, 0.15) is 52.5 Å². The van der Waals surface area contributed by atoms with Gasteiger partial charge in [-0.05, 0) is 194 Å². The molecule has 76 heavy (non-hydrogen) atoms. The first-order chi connectivity index (χ1) is 36.9. The molecule has 394 valence electrons. The predicted octanol–water partition coefficient (Wildman–Crippen LogP) is 13.9. The van der Waals surface area contributed by atoms with E-state index in [9.17, 15) is 9.59 Å². The predicted molar refractivity (Wildman–Crippen MR) is 301 cm³/mol. The van der Waals surface area contributed by atoms with Gasteiger partial charge in [-0.15, -0.1) is 0 Å². The van der Waals surface area contributed by atoms with Crippen molar-refractivity contribution in [1.29, 1.82) is 0 Å². The highest BCUT2D eigenvalue weighted by molar-refractivity contribution is 6.11. The van der Waals surface area contributed by atoms with Crippen LogP contribution in [0.3, 0.4) is 0 Å². The first-order valence-electron chi connectivity index (χ1n) is 25.3. The van der Waals surface area contributed by atoms with E-state index in [1.807, 2.05) is 119 Å². The third kappa shape index (κ3) is 13.8. The van der Waals surface area contributed by atoms with Gasteiger partial charge in [0.2, 0.25) is 0 Å². The van der Waals surface area contributed by atoms with Crippen molar-refractivity contribution in [2.75, 3.05) is 63.2 Å². The van der Waals surface area contributed by atoms with Gasteiger partial charge < -0.3 is 39.1 Å². The van der Waals surface area contributed by atoms with Crippen molar-refractivity contribution in [1.82, 2.24) is 0 Å². The number of nitrogens with one attached hydrogen (secondary N) is 4. The molecule has 0 saturated heterocycles. The summed E-state index contributed by atoms with van der Waals surface area (Å²) in [5.74, 6) is 2.94. The first-order valence-corrected chi connectivity index (χ1v) is 25.3. The van der Waals surface area contributed by atoms with Crippen molar-refractivity contribution in [3.63, 3.8) is 0 Å². The van der Waals surface area contributed by atoms with Gasteiger partial charge in [-0.25, -0.2) is 0 Å². The molecule has 14 heteroatoms. The van der Waals surface area contributed by atoms with Crippen LogP contribution < -0.4 is 50.0 Å². The van der Waals surface area contributed by atoms with E-state index in [4.69, 9.17) is 38.1 Å². The van der Waals surface area contributed by atoms with Gasteiger partial charge in [-0.3, -0.25) is 30.2 Å². The van der Waals surface area contributed by atoms with E-state index in [2.05, 4.69) is 45.9 Å². The minimum absolute atomic E-state index is 0.225. The standard InChI is InChI=1S/C62H66N4O10/c1-39-13-21-55(69-5)51(27-39)63-61(67)46-20-19-45-36-60(50(34-48(45)32-46)62(68)64-52-28-40(2)14-22-56(52)70-6)74-26-12-10-9-11-25-73-59-35-44-18-17-43(37-75-65-53-29-41(3)15-23-57(53)71-7)31-47(44)33-49(59)38-76-66-54-30-42(4)16-24-58(54)72-8/h13-24,27-36,65-66H,9-12,25-26,37-38H2,1-8H3,(H,63,67)(H,64,68). The van der Waals surface area contributed by atoms with Gasteiger partial charge >= 0.3 is 0 Å². The number of fused-ring (bicyclic) bond motifs is 2. The molecule has 14 nitrogen and oxygen atoms in total. The number of amides is 2. The molecule has 0 spiro atoms. The summed E-state index contributed by atoms with van der Waals surface area (Å²) in [6, 6.07) is 42.3. The van der Waals surface area contributed by atoms with Gasteiger partial charge in [-0.2, -0.15) is 0 Å². The van der Waals surface area contributed by atoms with E-state index >= 15 is 0 Å². The second-order valence-electron chi connectivity index (χ2n) is 18.7. The van der Waals surface area contributed by atoms with Crippen molar-refractivity contribution in [3.8, 4) is 34.5 Å². The lowest BCUT2D eigenvalue weighted by atomic mass is 10.0. The number of methoxy groups -OCH3 is 4. The molecule has 0 unspecified atom stereocenters. The molecule has 0 fully saturated rings. The third-order valence-corrected chi connectivity index (χ3v) is 12.8. The van der Waals surface area contributed by atoms with E-state index in [1.54, 1.807) is 46.6 Å². The van der Waals surface area contributed by atoms with Crippen molar-refractivity contribution in [2.45, 2.75) is 66.6 Å². The van der Waals surface area contributed by atoms with E-state index in [-0.39, 0.29) is 18.4 Å². The Balaban J connectivity index is 0.914. The lowest BCUT2D eigenvalue weighted by Gasteiger charge is -2.16. The van der Waals surface area contributed by atoms with Gasteiger partial charge in [-0.1, -0.05) is 42.5 Å². The van der Waals surface area contributed by atoms with Gasteiger partial charge in [0, 0.05) is 11.1 Å². The van der Waals surface area contributed by atoms with Crippen LogP contribution in [0.5, 0.6) is 34.5 Å². The zero-order valence-electron chi connectivity index (χ0n) is 44.4. The summed E-state index contributed by atoms with van der Waals surface area (Å²) in [6.45, 7) is 9.36. The Morgan fingerprint density at radius 3 is 1.41 bits per heavy atom. The summed E-state index contributed by atoms with van der Waals surface area (Å²) < 4.78 is 35.0. The first kappa shape index (κ1) is 53.8. The third-order valence-electron chi connectivity index (χ3n) is 12.8. The van der Waals surface area contributed by atoms with Crippen molar-refractivity contribution < 1.29 is 47.7 Å². The van der Waals surface area contributed by atoms with Crippen LogP contribution in [0, 0.1) is 27.7 Å². The highest BCUT2D eigenvalue weighted by atomic mass is 16.6. The number of benzene rings is 8. The number of carbonyl (C=O) groups is 2. The molecule has 2 amide bonds. The van der Waals surface area contributed by atoms with Crippen LogP contribution in [-0.4, -0.2) is 53.5 Å². The molecule has 8 aromatic carbocycles. The fourth-order valence-electron chi connectivity index (χ4n) is 8.76. The highest BCUT2D eigenvalue weighted by Crippen LogP contribution is 2.34. The quantitative estimate of drug-likeness (QED) is 0.0318. The Morgan fingerprint density at radius 1 is 0.395 bits per heavy atom. The van der Waals surface area contributed by atoms with Crippen molar-refractivity contribution in [2.24, 2.45) is 0 Å². The molecule has 4 N–H and O–H groups in total. The van der Waals surface area contributed by atoms with E-state index < -0.39 is 0 Å². The normalized spacial score (nSPS) is 11.0. The van der Waals surface area contributed by atoms with Crippen LogP contribution in [0.2, 0.25) is 0 Å². The molecular weight excluding hydrogens is 961 g/mol. The topological polar surface area (TPSA) is 156 Å². The van der Waals surface area contributed by atoms with Crippen molar-refractivity contribution >= 4 is 56.1 Å². The molecule has 0 aliphatic heterocycles. The van der Waals surface area contributed by atoms with Crippen molar-refractivity contribution in [3.05, 3.63) is 178 Å². The van der Waals surface area contributed by atoms with Crippen LogP contribution in [0.4, 0.5) is 22.7 Å². The second kappa shape index (κ2) is 25.7. The molecule has 8 rings (SSSR count). The van der Waals surface area contributed by atoms with Crippen LogP contribution in [0.25, 0.3) is 21.5 Å². The van der Waals surface area contributed by atoms with E-state index in [0.717, 1.165) is 92.3 Å². The van der Waals surface area contributed by atoms with Gasteiger partial charge in [0.15, 0.2) is 0 Å². The van der Waals surface area contributed by atoms with Crippen LogP contribution in [0.15, 0.2) is 133 Å². The fourth-order valence-corrected chi connectivity index (χ4v) is 8.76. The molecule has 0 radical (unpaired) electrons. The number of carbonyl (C=O) groups excluding carboxylic acids is 2. The summed E-state index contributed by atoms with van der Waals surface area (Å²) in [4.78, 5) is 39.7. The molecule has 0 heterocycles. The van der Waals surface area contributed by atoms with Crippen LogP contribution in [-0.2, 0) is 22.9 Å². The Bertz CT molecular complexity index is 3340. The average molecular weight is 1030 g/mol. The number of anilines is 4. The smallest absolute Gasteiger partial charge is 0.259 e. The minimum Gasteiger partial charge on any atom is -0.495 e. The Kier molecular flexibility index (Phi) is 18.2. The SMILES string of the molecule is COc1ccc(C)cc1NOCc1ccc2cc(OCCCCCCOc3cc4ccc(C(=O)Nc5cc(C)ccc5OC)cc4cc3C(=O)Nc3cc(C)ccc3OC)c(CONc3cc(C)ccc3OC)cc2c1. The Morgan fingerprint density at radius 2 is 0.855 bits per heavy atom. The molecule has 0 aliphatic carbocycles. The molecular formula is C62H66N4O10. The molecule has 8 aromatic rings. The molecule has 0 bridgehead atoms. The average Bonchev–Trinajstić information content (AvgIpc) is 3.41. The molecule has 0 saturated carbocycles. The van der Waals surface area contributed by atoms with Gasteiger partial charge in [0.05, 0.1) is 65.2 Å². The highest BCUT2D eigenvalue weighted by Gasteiger charge is 2.19. The zero-order valence-corrected chi connectivity index (χ0v) is 44.4. The lowest BCUT2D eigenvalue weighted by molar-refractivity contribution is 0.101. The largest absolute Gasteiger partial charge is 0.495 e. The number of ether oxygens (including phenoxy) is 6. The number of hydrogen-bond donors (Lipinski definition) is 4. The summed E-state index contributed by atoms with van der Waals surface area (Å²) >= 11 is 0. The number of rotatable bonds is 25. The molecule has 0 atom stereocenters. The maximum absolute atomic E-state index is 14.1. The molecule has 0 aliphatic rings. The zero-order chi connectivity index (χ0) is 53.6. The van der Waals surface area contributed by atoms with Crippen LogP contribution in [0.1, 0.15) is 79.8 Å². The van der Waals surface area contributed by atoms with E-state index in [0.29, 0.717) is 76.5 Å². The Hall–Kier alpha value is -8.46. The van der Waals surface area contributed by atoms with Gasteiger partial charge in [0.25, 0.3) is 11.8 Å². The number of aryl methyl sites for hydroxylation is 4. The summed E-state index contributed by atoms with van der Waals surface area (Å²) in [5, 5.41) is 9.55.